The van der Waals surface area contributed by atoms with Gasteiger partial charge in [0, 0.05) is 20.7 Å². The highest BCUT2D eigenvalue weighted by Crippen LogP contribution is 2.23. The number of para-hydroxylation sites is 1. The van der Waals surface area contributed by atoms with Crippen molar-refractivity contribution in [3.05, 3.63) is 24.0 Å². The van der Waals surface area contributed by atoms with Crippen molar-refractivity contribution in [1.82, 2.24) is 4.31 Å². The molecule has 0 aliphatic carbocycles. The number of sulfonamides is 1. The van der Waals surface area contributed by atoms with Crippen LogP contribution in [0.15, 0.2) is 23.1 Å². The molecule has 8 heteroatoms. The van der Waals surface area contributed by atoms with Crippen molar-refractivity contribution in [2.45, 2.75) is 11.0 Å². The van der Waals surface area contributed by atoms with Gasteiger partial charge in [-0.1, -0.05) is 6.07 Å². The fourth-order valence-corrected chi connectivity index (χ4v) is 2.88. The van der Waals surface area contributed by atoms with E-state index in [9.17, 15) is 17.9 Å². The number of aliphatic hydroxyl groups excluding tert-OH is 1. The molecule has 1 unspecified atom stereocenters. The number of anilines is 1. The lowest BCUT2D eigenvalue weighted by Crippen LogP contribution is -2.36. The van der Waals surface area contributed by atoms with E-state index in [-0.39, 0.29) is 18.0 Å². The van der Waals surface area contributed by atoms with Gasteiger partial charge < -0.3 is 15.6 Å². The maximum atomic E-state index is 13.3. The molecular weight excluding hydrogens is 275 g/mol. The standard InChI is InChI=1S/C11H17FN2O4S/c1-14(6-8(15)7-18-2)19(16,17)10-5-3-4-9(12)11(10)13/h3-5,8,15H,6-7,13H2,1-2H3. The number of benzene rings is 1. The maximum Gasteiger partial charge on any atom is 0.245 e. The van der Waals surface area contributed by atoms with E-state index in [4.69, 9.17) is 10.5 Å². The Morgan fingerprint density at radius 1 is 1.53 bits per heavy atom. The number of nitrogens with two attached hydrogens (primary N) is 1. The van der Waals surface area contributed by atoms with Crippen molar-refractivity contribution in [2.24, 2.45) is 0 Å². The molecule has 0 aliphatic rings. The Kier molecular flexibility index (Phi) is 5.24. The quantitative estimate of drug-likeness (QED) is 0.722. The lowest BCUT2D eigenvalue weighted by molar-refractivity contribution is 0.0554. The number of rotatable bonds is 6. The second-order valence-electron chi connectivity index (χ2n) is 4.05. The summed E-state index contributed by atoms with van der Waals surface area (Å²) in [5.74, 6) is -0.799. The van der Waals surface area contributed by atoms with E-state index in [1.165, 1.54) is 26.3 Å². The molecule has 0 aromatic heterocycles. The average Bonchev–Trinajstić information content (AvgIpc) is 2.32. The number of halogens is 1. The van der Waals surface area contributed by atoms with Crippen molar-refractivity contribution in [2.75, 3.05) is 33.0 Å². The van der Waals surface area contributed by atoms with Crippen molar-refractivity contribution in [3.8, 4) is 0 Å². The molecule has 1 aromatic rings. The van der Waals surface area contributed by atoms with Gasteiger partial charge in [-0.15, -0.1) is 0 Å². The number of aliphatic hydroxyl groups is 1. The zero-order chi connectivity index (χ0) is 14.6. The predicted molar refractivity (Wildman–Crippen MR) is 68.5 cm³/mol. The van der Waals surface area contributed by atoms with Crippen LogP contribution >= 0.6 is 0 Å². The number of hydrogen-bond donors (Lipinski definition) is 2. The van der Waals surface area contributed by atoms with Gasteiger partial charge in [0.25, 0.3) is 0 Å². The van der Waals surface area contributed by atoms with Gasteiger partial charge >= 0.3 is 0 Å². The van der Waals surface area contributed by atoms with E-state index < -0.39 is 27.6 Å². The Balaban J connectivity index is 3.00. The van der Waals surface area contributed by atoms with E-state index in [1.54, 1.807) is 0 Å². The van der Waals surface area contributed by atoms with Crippen LogP contribution in [0.2, 0.25) is 0 Å². The van der Waals surface area contributed by atoms with Crippen LogP contribution in [0.3, 0.4) is 0 Å². The summed E-state index contributed by atoms with van der Waals surface area (Å²) in [4.78, 5) is -0.320. The summed E-state index contributed by atoms with van der Waals surface area (Å²) in [7, 11) is -1.29. The molecule has 0 radical (unpaired) electrons. The topological polar surface area (TPSA) is 92.9 Å². The molecule has 0 bridgehead atoms. The Morgan fingerprint density at radius 2 is 2.16 bits per heavy atom. The number of hydrogen-bond acceptors (Lipinski definition) is 5. The van der Waals surface area contributed by atoms with Gasteiger partial charge in [0.05, 0.1) is 18.4 Å². The summed E-state index contributed by atoms with van der Waals surface area (Å²) in [6, 6.07) is 3.55. The first kappa shape index (κ1) is 15.8. The molecule has 0 aliphatic heterocycles. The summed E-state index contributed by atoms with van der Waals surface area (Å²) in [6.45, 7) is -0.176. The van der Waals surface area contributed by atoms with Crippen molar-refractivity contribution >= 4 is 15.7 Å². The molecule has 0 fully saturated rings. The van der Waals surface area contributed by atoms with E-state index in [0.29, 0.717) is 0 Å². The lowest BCUT2D eigenvalue weighted by Gasteiger charge is -2.21. The van der Waals surface area contributed by atoms with Crippen molar-refractivity contribution < 1.29 is 22.7 Å². The summed E-state index contributed by atoms with van der Waals surface area (Å²) >= 11 is 0. The average molecular weight is 292 g/mol. The summed E-state index contributed by atoms with van der Waals surface area (Å²) in [5.41, 5.74) is 4.99. The van der Waals surface area contributed by atoms with E-state index >= 15 is 0 Å². The largest absolute Gasteiger partial charge is 0.395 e. The molecule has 1 atom stereocenters. The first-order valence-electron chi connectivity index (χ1n) is 5.48. The Hall–Kier alpha value is -1.22. The van der Waals surface area contributed by atoms with Crippen LogP contribution in [0, 0.1) is 5.82 Å². The highest BCUT2D eigenvalue weighted by molar-refractivity contribution is 7.89. The molecule has 19 heavy (non-hydrogen) atoms. The molecule has 0 amide bonds. The third-order valence-electron chi connectivity index (χ3n) is 2.53. The van der Waals surface area contributed by atoms with Gasteiger partial charge in [-0.05, 0) is 12.1 Å². The Morgan fingerprint density at radius 3 is 2.74 bits per heavy atom. The van der Waals surface area contributed by atoms with Gasteiger partial charge in [0.2, 0.25) is 10.0 Å². The first-order valence-corrected chi connectivity index (χ1v) is 6.92. The Labute approximate surface area is 111 Å². The lowest BCUT2D eigenvalue weighted by atomic mass is 10.3. The minimum atomic E-state index is -3.95. The summed E-state index contributed by atoms with van der Waals surface area (Å²) in [5, 5.41) is 9.52. The highest BCUT2D eigenvalue weighted by atomic mass is 32.2. The molecule has 1 rings (SSSR count). The van der Waals surface area contributed by atoms with Crippen LogP contribution in [0.1, 0.15) is 0 Å². The van der Waals surface area contributed by atoms with Gasteiger partial charge in [0.15, 0.2) is 0 Å². The van der Waals surface area contributed by atoms with Gasteiger partial charge in [-0.25, -0.2) is 12.8 Å². The van der Waals surface area contributed by atoms with Crippen molar-refractivity contribution in [3.63, 3.8) is 0 Å². The van der Waals surface area contributed by atoms with Gasteiger partial charge in [-0.3, -0.25) is 0 Å². The third kappa shape index (κ3) is 3.63. The fraction of sp³-hybridized carbons (Fsp3) is 0.455. The second-order valence-corrected chi connectivity index (χ2v) is 6.06. The smallest absolute Gasteiger partial charge is 0.245 e. The summed E-state index contributed by atoms with van der Waals surface area (Å²) in [6.07, 6.45) is -0.973. The zero-order valence-electron chi connectivity index (χ0n) is 10.7. The molecule has 6 nitrogen and oxygen atoms in total. The second kappa shape index (κ2) is 6.29. The number of ether oxygens (including phenoxy) is 1. The Bertz CT molecular complexity index is 535. The minimum absolute atomic E-state index is 0.00150. The van der Waals surface area contributed by atoms with Crippen LogP contribution in [0.5, 0.6) is 0 Å². The summed E-state index contributed by atoms with van der Waals surface area (Å²) < 4.78 is 43.2. The third-order valence-corrected chi connectivity index (χ3v) is 4.41. The van der Waals surface area contributed by atoms with Crippen LogP contribution in [-0.2, 0) is 14.8 Å². The van der Waals surface area contributed by atoms with Crippen molar-refractivity contribution in [1.29, 1.82) is 0 Å². The molecule has 0 spiro atoms. The predicted octanol–water partition coefficient (Wildman–Crippen LogP) is 0.0357. The van der Waals surface area contributed by atoms with Crippen LogP contribution in [0.4, 0.5) is 10.1 Å². The maximum absolute atomic E-state index is 13.3. The molecule has 0 saturated heterocycles. The van der Waals surface area contributed by atoms with Gasteiger partial charge in [-0.2, -0.15) is 4.31 Å². The monoisotopic (exact) mass is 292 g/mol. The first-order chi connectivity index (χ1) is 8.80. The number of methoxy groups -OCH3 is 1. The SMILES string of the molecule is COCC(O)CN(C)S(=O)(=O)c1cccc(F)c1N. The molecule has 0 saturated carbocycles. The molecule has 0 heterocycles. The number of nitrogens with zero attached hydrogens (tertiary/aromatic N) is 1. The van der Waals surface area contributed by atoms with Crippen LogP contribution in [0.25, 0.3) is 0 Å². The van der Waals surface area contributed by atoms with Crippen LogP contribution < -0.4 is 5.73 Å². The van der Waals surface area contributed by atoms with E-state index in [0.717, 1.165) is 10.4 Å². The van der Waals surface area contributed by atoms with Crippen LogP contribution in [-0.4, -0.2) is 51.2 Å². The fourth-order valence-electron chi connectivity index (χ4n) is 1.55. The molecule has 1 aromatic carbocycles. The zero-order valence-corrected chi connectivity index (χ0v) is 11.5. The highest BCUT2D eigenvalue weighted by Gasteiger charge is 2.26. The molecular formula is C11H17FN2O4S. The number of nitrogen functional groups attached to an aromatic ring is 1. The molecule has 3 N–H and O–H groups in total. The molecule has 108 valence electrons. The van der Waals surface area contributed by atoms with E-state index in [2.05, 4.69) is 0 Å². The normalized spacial score (nSPS) is 13.7. The van der Waals surface area contributed by atoms with E-state index in [1.807, 2.05) is 0 Å². The van der Waals surface area contributed by atoms with Gasteiger partial charge in [0.1, 0.15) is 10.7 Å². The number of likely N-dealkylation sites (N-methyl/N-ethyl adjacent to an activating group) is 1. The minimum Gasteiger partial charge on any atom is -0.395 e.